The minimum Gasteiger partial charge on any atom is -0.349 e. The molecule has 0 atom stereocenters. The van der Waals surface area contributed by atoms with Crippen molar-refractivity contribution >= 4 is 17.7 Å². The van der Waals surface area contributed by atoms with Crippen LogP contribution in [0.1, 0.15) is 50.8 Å². The zero-order valence-corrected chi connectivity index (χ0v) is 14.5. The Morgan fingerprint density at radius 3 is 2.85 bits per heavy atom. The van der Waals surface area contributed by atoms with Crippen molar-refractivity contribution in [1.82, 2.24) is 25.0 Å². The number of aryl methyl sites for hydroxylation is 2. The van der Waals surface area contributed by atoms with Gasteiger partial charge in [0.25, 0.3) is 11.8 Å². The van der Waals surface area contributed by atoms with E-state index in [9.17, 15) is 14.4 Å². The molecular weight excluding hydrogens is 334 g/mol. The third-order valence-corrected chi connectivity index (χ3v) is 4.82. The molecule has 0 spiro atoms. The predicted octanol–water partition coefficient (Wildman–Crippen LogP) is 0.835. The third kappa shape index (κ3) is 2.77. The van der Waals surface area contributed by atoms with E-state index >= 15 is 0 Å². The van der Waals surface area contributed by atoms with Gasteiger partial charge in [0.15, 0.2) is 5.82 Å². The molecule has 0 fully saturated rings. The van der Waals surface area contributed by atoms with Crippen molar-refractivity contribution in [3.63, 3.8) is 0 Å². The lowest BCUT2D eigenvalue weighted by molar-refractivity contribution is -0.121. The molecule has 0 unspecified atom stereocenters. The Labute approximate surface area is 150 Å². The van der Waals surface area contributed by atoms with E-state index in [1.165, 1.54) is 0 Å². The normalized spacial score (nSPS) is 15.3. The Morgan fingerprint density at radius 2 is 2.00 bits per heavy atom. The van der Waals surface area contributed by atoms with E-state index in [0.717, 1.165) is 41.5 Å². The van der Waals surface area contributed by atoms with E-state index in [2.05, 4.69) is 15.5 Å². The average Bonchev–Trinajstić information content (AvgIpc) is 3.28. The van der Waals surface area contributed by atoms with E-state index < -0.39 is 0 Å². The molecule has 0 bridgehead atoms. The zero-order valence-electron chi connectivity index (χ0n) is 14.5. The number of carbonyl (C=O) groups is 3. The minimum absolute atomic E-state index is 0.0610. The van der Waals surface area contributed by atoms with Gasteiger partial charge in [0.05, 0.1) is 17.7 Å². The van der Waals surface area contributed by atoms with E-state index in [4.69, 9.17) is 0 Å². The van der Waals surface area contributed by atoms with Crippen molar-refractivity contribution in [1.29, 1.82) is 0 Å². The molecule has 2 aromatic rings. The van der Waals surface area contributed by atoms with Crippen LogP contribution in [0.3, 0.4) is 0 Å². The summed E-state index contributed by atoms with van der Waals surface area (Å²) in [5.41, 5.74) is 1.74. The predicted molar refractivity (Wildman–Crippen MR) is 91.4 cm³/mol. The number of fused-ring (bicyclic) bond motifs is 2. The molecule has 0 radical (unpaired) electrons. The van der Waals surface area contributed by atoms with Gasteiger partial charge in [-0.05, 0) is 25.5 Å². The molecule has 0 aliphatic carbocycles. The first-order valence-corrected chi connectivity index (χ1v) is 8.69. The zero-order chi connectivity index (χ0) is 18.3. The Kier molecular flexibility index (Phi) is 4.02. The molecule has 1 aromatic carbocycles. The van der Waals surface area contributed by atoms with Crippen LogP contribution in [0.5, 0.6) is 0 Å². The number of amides is 3. The SMILES string of the molecule is Cc1ccc2c(c1)C(=O)N(CCC(=O)NCc1nnc3n1CCC3)C2=O. The van der Waals surface area contributed by atoms with E-state index in [1.54, 1.807) is 18.2 Å². The molecule has 0 saturated carbocycles. The molecule has 8 nitrogen and oxygen atoms in total. The summed E-state index contributed by atoms with van der Waals surface area (Å²) in [5, 5.41) is 11.0. The maximum atomic E-state index is 12.4. The Bertz CT molecular complexity index is 918. The van der Waals surface area contributed by atoms with Crippen LogP contribution < -0.4 is 5.32 Å². The fourth-order valence-electron chi connectivity index (χ4n) is 3.43. The van der Waals surface area contributed by atoms with Gasteiger partial charge in [0.2, 0.25) is 5.91 Å². The summed E-state index contributed by atoms with van der Waals surface area (Å²) in [4.78, 5) is 38.0. The van der Waals surface area contributed by atoms with Crippen molar-refractivity contribution in [3.8, 4) is 0 Å². The van der Waals surface area contributed by atoms with Crippen LogP contribution in [0, 0.1) is 6.92 Å². The first kappa shape index (κ1) is 16.4. The molecule has 3 amide bonds. The number of aromatic nitrogens is 3. The van der Waals surface area contributed by atoms with Gasteiger partial charge in [0, 0.05) is 25.9 Å². The first-order valence-electron chi connectivity index (χ1n) is 8.69. The number of imide groups is 1. The number of carbonyl (C=O) groups excluding carboxylic acids is 3. The van der Waals surface area contributed by atoms with Crippen molar-refractivity contribution in [3.05, 3.63) is 46.5 Å². The van der Waals surface area contributed by atoms with Gasteiger partial charge in [-0.15, -0.1) is 10.2 Å². The van der Waals surface area contributed by atoms with Crippen molar-refractivity contribution < 1.29 is 14.4 Å². The monoisotopic (exact) mass is 353 g/mol. The fraction of sp³-hybridized carbons (Fsp3) is 0.389. The number of hydrogen-bond donors (Lipinski definition) is 1. The van der Waals surface area contributed by atoms with E-state index in [1.807, 2.05) is 11.5 Å². The molecule has 8 heteroatoms. The average molecular weight is 353 g/mol. The van der Waals surface area contributed by atoms with Gasteiger partial charge in [-0.2, -0.15) is 0 Å². The van der Waals surface area contributed by atoms with Crippen molar-refractivity contribution in [2.24, 2.45) is 0 Å². The quantitative estimate of drug-likeness (QED) is 0.803. The highest BCUT2D eigenvalue weighted by Gasteiger charge is 2.35. The molecule has 3 heterocycles. The second-order valence-corrected chi connectivity index (χ2v) is 6.63. The lowest BCUT2D eigenvalue weighted by Gasteiger charge is -2.13. The Balaban J connectivity index is 1.33. The number of rotatable bonds is 5. The highest BCUT2D eigenvalue weighted by atomic mass is 16.2. The minimum atomic E-state index is -0.340. The first-order chi connectivity index (χ1) is 12.5. The number of benzene rings is 1. The topological polar surface area (TPSA) is 97.2 Å². The fourth-order valence-corrected chi connectivity index (χ4v) is 3.43. The summed E-state index contributed by atoms with van der Waals surface area (Å²) in [7, 11) is 0. The summed E-state index contributed by atoms with van der Waals surface area (Å²) < 4.78 is 2.02. The Hall–Kier alpha value is -3.03. The lowest BCUT2D eigenvalue weighted by atomic mass is 10.1. The van der Waals surface area contributed by atoms with Crippen molar-refractivity contribution in [2.75, 3.05) is 6.54 Å². The number of nitrogens with one attached hydrogen (secondary N) is 1. The van der Waals surface area contributed by atoms with Crippen molar-refractivity contribution in [2.45, 2.75) is 39.3 Å². The smallest absolute Gasteiger partial charge is 0.261 e. The summed E-state index contributed by atoms with van der Waals surface area (Å²) in [6, 6.07) is 5.18. The maximum absolute atomic E-state index is 12.4. The van der Waals surface area contributed by atoms with Gasteiger partial charge >= 0.3 is 0 Å². The van der Waals surface area contributed by atoms with Crippen LogP contribution in [0.15, 0.2) is 18.2 Å². The van der Waals surface area contributed by atoms with Crippen LogP contribution in [-0.4, -0.2) is 43.9 Å². The van der Waals surface area contributed by atoms with Crippen LogP contribution >= 0.6 is 0 Å². The highest BCUT2D eigenvalue weighted by Crippen LogP contribution is 2.24. The van der Waals surface area contributed by atoms with E-state index in [0.29, 0.717) is 17.7 Å². The van der Waals surface area contributed by atoms with Crippen LogP contribution in [-0.2, 0) is 24.3 Å². The highest BCUT2D eigenvalue weighted by molar-refractivity contribution is 6.21. The van der Waals surface area contributed by atoms with Gasteiger partial charge < -0.3 is 9.88 Å². The lowest BCUT2D eigenvalue weighted by Crippen LogP contribution is -2.34. The molecule has 1 aromatic heterocycles. The van der Waals surface area contributed by atoms with Crippen LogP contribution in [0.25, 0.3) is 0 Å². The molecular formula is C18H19N5O3. The largest absolute Gasteiger partial charge is 0.349 e. The second kappa shape index (κ2) is 6.36. The van der Waals surface area contributed by atoms with Gasteiger partial charge in [-0.1, -0.05) is 11.6 Å². The number of hydrogen-bond acceptors (Lipinski definition) is 5. The molecule has 1 N–H and O–H groups in total. The summed E-state index contributed by atoms with van der Waals surface area (Å²) in [6.45, 7) is 3.11. The molecule has 4 rings (SSSR count). The maximum Gasteiger partial charge on any atom is 0.261 e. The Morgan fingerprint density at radius 1 is 1.19 bits per heavy atom. The molecule has 134 valence electrons. The summed E-state index contributed by atoms with van der Waals surface area (Å²) >= 11 is 0. The second-order valence-electron chi connectivity index (χ2n) is 6.63. The van der Waals surface area contributed by atoms with Crippen LogP contribution in [0.4, 0.5) is 0 Å². The molecule has 2 aliphatic rings. The summed E-state index contributed by atoms with van der Waals surface area (Å²) in [6.07, 6.45) is 2.02. The van der Waals surface area contributed by atoms with Gasteiger partial charge in [0.1, 0.15) is 5.82 Å². The van der Waals surface area contributed by atoms with Gasteiger partial charge in [-0.25, -0.2) is 0 Å². The van der Waals surface area contributed by atoms with Gasteiger partial charge in [-0.3, -0.25) is 19.3 Å². The molecule has 0 saturated heterocycles. The molecule has 2 aliphatic heterocycles. The standard InChI is InChI=1S/C18H19N5O3/c1-11-4-5-12-13(9-11)18(26)23(17(12)25)8-6-16(24)19-10-15-21-20-14-3-2-7-22(14)15/h4-5,9H,2-3,6-8,10H2,1H3,(H,19,24). The molecule has 26 heavy (non-hydrogen) atoms. The van der Waals surface area contributed by atoms with E-state index in [-0.39, 0.29) is 30.7 Å². The van der Waals surface area contributed by atoms with Crippen LogP contribution in [0.2, 0.25) is 0 Å². The number of nitrogens with zero attached hydrogens (tertiary/aromatic N) is 4. The third-order valence-electron chi connectivity index (χ3n) is 4.82. The summed E-state index contributed by atoms with van der Waals surface area (Å²) in [5.74, 6) is 0.788.